The SMILES string of the molecule is CN(C(=O)c1c(NC(=O)c2cccnc2)sc2c1CCCC2)C1CCNC1.Cl.Cl. The van der Waals surface area contributed by atoms with Crippen molar-refractivity contribution < 1.29 is 9.59 Å². The van der Waals surface area contributed by atoms with E-state index in [4.69, 9.17) is 0 Å². The lowest BCUT2D eigenvalue weighted by Crippen LogP contribution is -2.39. The van der Waals surface area contributed by atoms with Gasteiger partial charge in [0.25, 0.3) is 11.8 Å². The first-order valence-electron chi connectivity index (χ1n) is 9.49. The van der Waals surface area contributed by atoms with Crippen molar-refractivity contribution in [2.45, 2.75) is 38.1 Å². The number of fused-ring (bicyclic) bond motifs is 1. The zero-order valence-corrected chi connectivity index (χ0v) is 18.7. The average Bonchev–Trinajstić information content (AvgIpc) is 3.35. The van der Waals surface area contributed by atoms with Gasteiger partial charge in [0.15, 0.2) is 0 Å². The molecule has 0 spiro atoms. The van der Waals surface area contributed by atoms with Crippen molar-refractivity contribution in [2.24, 2.45) is 0 Å². The Morgan fingerprint density at radius 3 is 2.76 bits per heavy atom. The van der Waals surface area contributed by atoms with Gasteiger partial charge in [0.05, 0.1) is 11.1 Å². The Labute approximate surface area is 187 Å². The van der Waals surface area contributed by atoms with Gasteiger partial charge in [-0.2, -0.15) is 0 Å². The van der Waals surface area contributed by atoms with E-state index in [-0.39, 0.29) is 42.7 Å². The van der Waals surface area contributed by atoms with E-state index in [9.17, 15) is 9.59 Å². The van der Waals surface area contributed by atoms with Gasteiger partial charge in [-0.1, -0.05) is 0 Å². The van der Waals surface area contributed by atoms with Crippen LogP contribution in [0.2, 0.25) is 0 Å². The Morgan fingerprint density at radius 2 is 2.07 bits per heavy atom. The van der Waals surface area contributed by atoms with Crippen molar-refractivity contribution in [1.29, 1.82) is 0 Å². The molecule has 2 N–H and O–H groups in total. The van der Waals surface area contributed by atoms with Crippen molar-refractivity contribution in [3.63, 3.8) is 0 Å². The maximum absolute atomic E-state index is 13.3. The lowest BCUT2D eigenvalue weighted by molar-refractivity contribution is 0.0744. The standard InChI is InChI=1S/C20H24N4O2S.2ClH/c1-24(14-8-10-22-12-14)20(26)17-15-6-2-3-7-16(15)27-19(17)23-18(25)13-5-4-9-21-11-13;;/h4-5,9,11,14,22H,2-3,6-8,10,12H2,1H3,(H,23,25);2*1H. The summed E-state index contributed by atoms with van der Waals surface area (Å²) >= 11 is 1.56. The van der Waals surface area contributed by atoms with Gasteiger partial charge >= 0.3 is 0 Å². The van der Waals surface area contributed by atoms with E-state index in [0.717, 1.165) is 50.8 Å². The quantitative estimate of drug-likeness (QED) is 0.737. The van der Waals surface area contributed by atoms with Crippen LogP contribution in [0.15, 0.2) is 24.5 Å². The minimum absolute atomic E-state index is 0. The van der Waals surface area contributed by atoms with Gasteiger partial charge < -0.3 is 15.5 Å². The fourth-order valence-electron chi connectivity index (χ4n) is 3.86. The van der Waals surface area contributed by atoms with E-state index in [1.807, 2.05) is 11.9 Å². The third-order valence-electron chi connectivity index (χ3n) is 5.44. The van der Waals surface area contributed by atoms with E-state index >= 15 is 0 Å². The largest absolute Gasteiger partial charge is 0.337 e. The maximum Gasteiger partial charge on any atom is 0.257 e. The predicted molar refractivity (Wildman–Crippen MR) is 121 cm³/mol. The molecule has 0 aromatic carbocycles. The summed E-state index contributed by atoms with van der Waals surface area (Å²) in [5, 5.41) is 6.98. The number of hydrogen-bond donors (Lipinski definition) is 2. The average molecular weight is 457 g/mol. The van der Waals surface area contributed by atoms with Crippen LogP contribution in [0.5, 0.6) is 0 Å². The fraction of sp³-hybridized carbons (Fsp3) is 0.450. The van der Waals surface area contributed by atoms with E-state index in [2.05, 4.69) is 15.6 Å². The zero-order valence-electron chi connectivity index (χ0n) is 16.3. The van der Waals surface area contributed by atoms with Crippen LogP contribution in [0.1, 0.15) is 50.4 Å². The molecule has 1 fully saturated rings. The number of halogens is 2. The highest BCUT2D eigenvalue weighted by atomic mass is 35.5. The monoisotopic (exact) mass is 456 g/mol. The normalized spacial score (nSPS) is 17.5. The lowest BCUT2D eigenvalue weighted by atomic mass is 9.94. The van der Waals surface area contributed by atoms with Crippen LogP contribution in [0.3, 0.4) is 0 Å². The van der Waals surface area contributed by atoms with Crippen molar-refractivity contribution in [1.82, 2.24) is 15.2 Å². The van der Waals surface area contributed by atoms with Crippen LogP contribution in [0.25, 0.3) is 0 Å². The number of likely N-dealkylation sites (N-methyl/N-ethyl adjacent to an activating group) is 1. The molecule has 2 aromatic heterocycles. The Bertz CT molecular complexity index is 854. The molecule has 9 heteroatoms. The molecule has 0 saturated carbocycles. The number of hydrogen-bond acceptors (Lipinski definition) is 5. The minimum Gasteiger partial charge on any atom is -0.337 e. The van der Waals surface area contributed by atoms with Gasteiger partial charge in [-0.05, 0) is 56.3 Å². The number of aromatic nitrogens is 1. The molecule has 1 atom stereocenters. The Hall–Kier alpha value is -1.67. The van der Waals surface area contributed by atoms with Crippen LogP contribution in [-0.4, -0.2) is 47.9 Å². The van der Waals surface area contributed by atoms with Gasteiger partial charge in [0.2, 0.25) is 0 Å². The van der Waals surface area contributed by atoms with Crippen LogP contribution in [0, 0.1) is 0 Å². The highest BCUT2D eigenvalue weighted by molar-refractivity contribution is 7.17. The van der Waals surface area contributed by atoms with E-state index in [1.54, 1.807) is 35.9 Å². The topological polar surface area (TPSA) is 74.3 Å². The number of anilines is 1. The zero-order chi connectivity index (χ0) is 18.8. The summed E-state index contributed by atoms with van der Waals surface area (Å²) in [7, 11) is 1.87. The molecule has 29 heavy (non-hydrogen) atoms. The van der Waals surface area contributed by atoms with Crippen molar-refractivity contribution in [3.8, 4) is 0 Å². The molecule has 2 aromatic rings. The van der Waals surface area contributed by atoms with Crippen LogP contribution in [0.4, 0.5) is 5.00 Å². The summed E-state index contributed by atoms with van der Waals surface area (Å²) in [5.41, 5.74) is 2.33. The van der Waals surface area contributed by atoms with Crippen molar-refractivity contribution in [3.05, 3.63) is 46.1 Å². The molecule has 0 radical (unpaired) electrons. The molecule has 2 aliphatic rings. The third-order valence-corrected chi connectivity index (χ3v) is 6.65. The first kappa shape index (κ1) is 23.6. The number of nitrogens with one attached hydrogen (secondary N) is 2. The van der Waals surface area contributed by atoms with E-state index < -0.39 is 0 Å². The van der Waals surface area contributed by atoms with Crippen LogP contribution >= 0.6 is 36.2 Å². The minimum atomic E-state index is -0.221. The molecule has 1 saturated heterocycles. The third kappa shape index (κ3) is 4.91. The molecule has 2 amide bonds. The van der Waals surface area contributed by atoms with Gasteiger partial charge in [-0.3, -0.25) is 14.6 Å². The Kier molecular flexibility index (Phi) is 8.46. The molecule has 3 heterocycles. The van der Waals surface area contributed by atoms with Gasteiger partial charge in [-0.25, -0.2) is 0 Å². The molecule has 0 bridgehead atoms. The lowest BCUT2D eigenvalue weighted by Gasteiger charge is -2.25. The van der Waals surface area contributed by atoms with Crippen molar-refractivity contribution in [2.75, 3.05) is 25.5 Å². The molecule has 158 valence electrons. The summed E-state index contributed by atoms with van der Waals surface area (Å²) in [4.78, 5) is 33.1. The second kappa shape index (κ2) is 10.4. The first-order chi connectivity index (χ1) is 13.1. The fourth-order valence-corrected chi connectivity index (χ4v) is 5.14. The number of aryl methyl sites for hydroxylation is 1. The Balaban J connectivity index is 0.00000150. The number of thiophene rings is 1. The molecule has 1 unspecified atom stereocenters. The summed E-state index contributed by atoms with van der Waals surface area (Å²) in [6.45, 7) is 1.76. The summed E-state index contributed by atoms with van der Waals surface area (Å²) in [6, 6.07) is 3.67. The van der Waals surface area contributed by atoms with Crippen LogP contribution < -0.4 is 10.6 Å². The molecular weight excluding hydrogens is 431 g/mol. The smallest absolute Gasteiger partial charge is 0.257 e. The number of amides is 2. The van der Waals surface area contributed by atoms with Crippen molar-refractivity contribution >= 4 is 53.0 Å². The van der Waals surface area contributed by atoms with Crippen LogP contribution in [-0.2, 0) is 12.8 Å². The van der Waals surface area contributed by atoms with Gasteiger partial charge in [-0.15, -0.1) is 36.2 Å². The summed E-state index contributed by atoms with van der Waals surface area (Å²) in [5.74, 6) is -0.203. The number of nitrogens with zero attached hydrogens (tertiary/aromatic N) is 2. The molecule has 6 nitrogen and oxygen atoms in total. The second-order valence-corrected chi connectivity index (χ2v) is 8.28. The molecule has 1 aliphatic carbocycles. The van der Waals surface area contributed by atoms with Gasteiger partial charge in [0.1, 0.15) is 5.00 Å². The molecule has 4 rings (SSSR count). The maximum atomic E-state index is 13.3. The predicted octanol–water partition coefficient (Wildman–Crippen LogP) is 3.55. The molecular formula is C20H26Cl2N4O2S. The second-order valence-electron chi connectivity index (χ2n) is 7.17. The summed E-state index contributed by atoms with van der Waals surface area (Å²) in [6.07, 6.45) is 8.27. The Morgan fingerprint density at radius 1 is 1.28 bits per heavy atom. The van der Waals surface area contributed by atoms with E-state index in [0.29, 0.717) is 16.1 Å². The number of carbonyl (C=O) groups is 2. The molecule has 1 aliphatic heterocycles. The highest BCUT2D eigenvalue weighted by Crippen LogP contribution is 2.39. The van der Waals surface area contributed by atoms with E-state index in [1.165, 1.54) is 4.88 Å². The first-order valence-corrected chi connectivity index (χ1v) is 10.3. The van der Waals surface area contributed by atoms with Gasteiger partial charge in [0, 0.05) is 36.9 Å². The number of pyridine rings is 1. The number of rotatable bonds is 4. The highest BCUT2D eigenvalue weighted by Gasteiger charge is 2.31. The number of carbonyl (C=O) groups excluding carboxylic acids is 2. The summed E-state index contributed by atoms with van der Waals surface area (Å²) < 4.78 is 0.